The summed E-state index contributed by atoms with van der Waals surface area (Å²) in [4.78, 5) is 18.2. The van der Waals surface area contributed by atoms with Gasteiger partial charge in [0.2, 0.25) is 5.91 Å². The fourth-order valence-corrected chi connectivity index (χ4v) is 2.51. The van der Waals surface area contributed by atoms with E-state index in [9.17, 15) is 4.79 Å². The van der Waals surface area contributed by atoms with Crippen LogP contribution in [-0.4, -0.2) is 22.4 Å². The molecule has 0 aromatic carbocycles. The monoisotopic (exact) mass is 329 g/mol. The second-order valence-electron chi connectivity index (χ2n) is 3.57. The van der Waals surface area contributed by atoms with Crippen LogP contribution in [0.1, 0.15) is 12.5 Å². The predicted octanol–water partition coefficient (Wildman–Crippen LogP) is 1.85. The Labute approximate surface area is 107 Å². The quantitative estimate of drug-likeness (QED) is 0.845. The van der Waals surface area contributed by atoms with Gasteiger partial charge in [0.25, 0.3) is 0 Å². The molecule has 2 aromatic rings. The Morgan fingerprint density at radius 1 is 1.62 bits per heavy atom. The second-order valence-corrected chi connectivity index (χ2v) is 4.65. The zero-order valence-electron chi connectivity index (χ0n) is 8.88. The molecule has 0 aliphatic carbocycles. The molecule has 2 rings (SSSR count). The molecule has 84 valence electrons. The van der Waals surface area contributed by atoms with E-state index in [0.717, 1.165) is 21.0 Å². The Hall–Kier alpha value is -1.11. The molecule has 0 atom stereocenters. The first-order valence-corrected chi connectivity index (χ1v) is 6.11. The number of carbonyl (C=O) groups is 1. The van der Waals surface area contributed by atoms with E-state index >= 15 is 0 Å². The Kier molecular flexibility index (Phi) is 3.42. The molecule has 0 saturated carbocycles. The van der Waals surface area contributed by atoms with Crippen molar-refractivity contribution in [3.05, 3.63) is 27.7 Å². The van der Waals surface area contributed by atoms with E-state index in [-0.39, 0.29) is 5.91 Å². The highest BCUT2D eigenvalue weighted by molar-refractivity contribution is 14.1. The Bertz CT molecular complexity index is 521. The fraction of sp³-hybridized carbons (Fsp3) is 0.273. The average molecular weight is 329 g/mol. The number of H-pyrrole nitrogens is 1. The van der Waals surface area contributed by atoms with Crippen LogP contribution in [0, 0.1) is 3.70 Å². The molecule has 0 saturated heterocycles. The average Bonchev–Trinajstić information content (AvgIpc) is 2.55. The largest absolute Gasteiger partial charge is 0.356 e. The SMILES string of the molecule is CC(=O)NCCc1c(I)[nH]c2ccncc12. The van der Waals surface area contributed by atoms with E-state index in [1.165, 1.54) is 12.5 Å². The first-order chi connectivity index (χ1) is 7.68. The molecule has 0 bridgehead atoms. The number of hydrogen-bond donors (Lipinski definition) is 2. The van der Waals surface area contributed by atoms with E-state index in [2.05, 4.69) is 37.9 Å². The lowest BCUT2D eigenvalue weighted by atomic mass is 10.1. The molecule has 2 aromatic heterocycles. The molecular formula is C11H12IN3O. The van der Waals surface area contributed by atoms with Gasteiger partial charge in [0, 0.05) is 36.8 Å². The number of halogens is 1. The van der Waals surface area contributed by atoms with E-state index in [4.69, 9.17) is 0 Å². The van der Waals surface area contributed by atoms with Gasteiger partial charge in [0.05, 0.1) is 3.70 Å². The van der Waals surface area contributed by atoms with Crippen LogP contribution in [0.5, 0.6) is 0 Å². The standard InChI is InChI=1S/C11H12IN3O/c1-7(16)14-5-2-8-9-6-13-4-3-10(9)15-11(8)12/h3-4,6,15H,2,5H2,1H3,(H,14,16). The van der Waals surface area contributed by atoms with Crippen molar-refractivity contribution in [2.45, 2.75) is 13.3 Å². The summed E-state index contributed by atoms with van der Waals surface area (Å²) in [5, 5.41) is 3.94. The minimum Gasteiger partial charge on any atom is -0.356 e. The van der Waals surface area contributed by atoms with Crippen LogP contribution in [0.15, 0.2) is 18.5 Å². The number of aromatic nitrogens is 2. The van der Waals surface area contributed by atoms with Crippen molar-refractivity contribution < 1.29 is 4.79 Å². The molecule has 4 nitrogen and oxygen atoms in total. The maximum atomic E-state index is 10.8. The molecule has 2 heterocycles. The number of amides is 1. The highest BCUT2D eigenvalue weighted by Gasteiger charge is 2.08. The zero-order chi connectivity index (χ0) is 11.5. The first-order valence-electron chi connectivity index (χ1n) is 5.03. The van der Waals surface area contributed by atoms with E-state index < -0.39 is 0 Å². The number of nitrogens with zero attached hydrogens (tertiary/aromatic N) is 1. The second kappa shape index (κ2) is 4.82. The predicted molar refractivity (Wildman–Crippen MR) is 71.2 cm³/mol. The molecule has 1 amide bonds. The molecule has 16 heavy (non-hydrogen) atoms. The van der Waals surface area contributed by atoms with Gasteiger partial charge in [-0.25, -0.2) is 0 Å². The lowest BCUT2D eigenvalue weighted by Crippen LogP contribution is -2.22. The Morgan fingerprint density at radius 2 is 2.44 bits per heavy atom. The Balaban J connectivity index is 2.22. The van der Waals surface area contributed by atoms with Crippen LogP contribution in [0.4, 0.5) is 0 Å². The lowest BCUT2D eigenvalue weighted by Gasteiger charge is -2.01. The van der Waals surface area contributed by atoms with Gasteiger partial charge in [-0.05, 0) is 40.6 Å². The maximum Gasteiger partial charge on any atom is 0.216 e. The van der Waals surface area contributed by atoms with Crippen LogP contribution in [0.25, 0.3) is 10.9 Å². The van der Waals surface area contributed by atoms with E-state index in [0.29, 0.717) is 6.54 Å². The van der Waals surface area contributed by atoms with Crippen LogP contribution in [-0.2, 0) is 11.2 Å². The number of nitrogens with one attached hydrogen (secondary N) is 2. The molecule has 0 fully saturated rings. The van der Waals surface area contributed by atoms with Crippen LogP contribution >= 0.6 is 22.6 Å². The normalized spacial score (nSPS) is 10.6. The van der Waals surface area contributed by atoms with Crippen molar-refractivity contribution in [2.75, 3.05) is 6.54 Å². The molecule has 0 unspecified atom stereocenters. The fourth-order valence-electron chi connectivity index (χ4n) is 1.66. The van der Waals surface area contributed by atoms with Crippen LogP contribution in [0.3, 0.4) is 0 Å². The first kappa shape index (κ1) is 11.4. The topological polar surface area (TPSA) is 57.8 Å². The van der Waals surface area contributed by atoms with Gasteiger partial charge in [-0.3, -0.25) is 9.78 Å². The number of hydrogen-bond acceptors (Lipinski definition) is 2. The maximum absolute atomic E-state index is 10.8. The highest BCUT2D eigenvalue weighted by Crippen LogP contribution is 2.22. The lowest BCUT2D eigenvalue weighted by molar-refractivity contribution is -0.118. The number of aromatic amines is 1. The molecule has 2 N–H and O–H groups in total. The summed E-state index contributed by atoms with van der Waals surface area (Å²) < 4.78 is 1.12. The van der Waals surface area contributed by atoms with Crippen molar-refractivity contribution in [1.82, 2.24) is 15.3 Å². The number of rotatable bonds is 3. The van der Waals surface area contributed by atoms with Gasteiger partial charge in [-0.15, -0.1) is 0 Å². The van der Waals surface area contributed by atoms with Crippen LogP contribution in [0.2, 0.25) is 0 Å². The summed E-state index contributed by atoms with van der Waals surface area (Å²) in [6.45, 7) is 2.19. The molecular weight excluding hydrogens is 317 g/mol. The molecule has 0 aliphatic rings. The van der Waals surface area contributed by atoms with Crippen molar-refractivity contribution >= 4 is 39.4 Å². The van der Waals surface area contributed by atoms with Crippen molar-refractivity contribution in [2.24, 2.45) is 0 Å². The summed E-state index contributed by atoms with van der Waals surface area (Å²) >= 11 is 2.27. The molecule has 0 aliphatic heterocycles. The number of pyridine rings is 1. The molecule has 0 radical (unpaired) electrons. The van der Waals surface area contributed by atoms with Crippen molar-refractivity contribution in [3.8, 4) is 0 Å². The van der Waals surface area contributed by atoms with Crippen molar-refractivity contribution in [3.63, 3.8) is 0 Å². The third kappa shape index (κ3) is 2.34. The van der Waals surface area contributed by atoms with Gasteiger partial charge in [0.1, 0.15) is 0 Å². The van der Waals surface area contributed by atoms with Crippen LogP contribution < -0.4 is 5.32 Å². The molecule has 5 heteroatoms. The van der Waals surface area contributed by atoms with Gasteiger partial charge in [0.15, 0.2) is 0 Å². The number of fused-ring (bicyclic) bond motifs is 1. The van der Waals surface area contributed by atoms with Gasteiger partial charge >= 0.3 is 0 Å². The minimum absolute atomic E-state index is 0.00738. The van der Waals surface area contributed by atoms with E-state index in [1.807, 2.05) is 12.3 Å². The third-order valence-electron chi connectivity index (χ3n) is 2.40. The summed E-state index contributed by atoms with van der Waals surface area (Å²) in [6, 6.07) is 1.96. The highest BCUT2D eigenvalue weighted by atomic mass is 127. The summed E-state index contributed by atoms with van der Waals surface area (Å²) in [5.74, 6) is 0.00738. The van der Waals surface area contributed by atoms with E-state index in [1.54, 1.807) is 6.20 Å². The molecule has 0 spiro atoms. The van der Waals surface area contributed by atoms with Gasteiger partial charge in [-0.2, -0.15) is 0 Å². The third-order valence-corrected chi connectivity index (χ3v) is 3.33. The van der Waals surface area contributed by atoms with Gasteiger partial charge in [-0.1, -0.05) is 0 Å². The summed E-state index contributed by atoms with van der Waals surface area (Å²) in [5.41, 5.74) is 2.31. The van der Waals surface area contributed by atoms with Gasteiger partial charge < -0.3 is 10.3 Å². The zero-order valence-corrected chi connectivity index (χ0v) is 11.0. The number of carbonyl (C=O) groups excluding carboxylic acids is 1. The Morgan fingerprint density at radius 3 is 3.19 bits per heavy atom. The minimum atomic E-state index is 0.00738. The summed E-state index contributed by atoms with van der Waals surface area (Å²) in [7, 11) is 0. The van der Waals surface area contributed by atoms with Crippen molar-refractivity contribution in [1.29, 1.82) is 0 Å². The summed E-state index contributed by atoms with van der Waals surface area (Å²) in [6.07, 6.45) is 4.45. The smallest absolute Gasteiger partial charge is 0.216 e.